The summed E-state index contributed by atoms with van der Waals surface area (Å²) in [4.78, 5) is 28.6. The molecule has 0 bridgehead atoms. The highest BCUT2D eigenvalue weighted by atomic mass is 32.2. The maximum atomic E-state index is 12.7. The number of aromatic amines is 1. The van der Waals surface area contributed by atoms with Crippen LogP contribution in [0.5, 0.6) is 11.5 Å². The maximum absolute atomic E-state index is 12.7. The van der Waals surface area contributed by atoms with Crippen LogP contribution in [-0.2, 0) is 18.1 Å². The molecule has 1 fully saturated rings. The number of nitrogens with one attached hydrogen (secondary N) is 1. The lowest BCUT2D eigenvalue weighted by atomic mass is 10.2. The van der Waals surface area contributed by atoms with E-state index in [1.807, 2.05) is 48.5 Å². The van der Waals surface area contributed by atoms with Crippen molar-refractivity contribution in [3.8, 4) is 11.5 Å². The maximum Gasteiger partial charge on any atom is 0.331 e. The molecule has 0 radical (unpaired) electrons. The molecule has 3 aromatic rings. The molecule has 0 amide bonds. The summed E-state index contributed by atoms with van der Waals surface area (Å²) in [6.07, 6.45) is 1.84. The third-order valence-electron chi connectivity index (χ3n) is 5.08. The number of hydrogen-bond acceptors (Lipinski definition) is 6. The standard InChI is InChI=1S/C23H24N2O5S/c1-28-17-9-6-10-18(29-2)20(17)31-22-19(16-11-12-16)21(26)24-23(27)25(22)14-30-13-15-7-4-3-5-8-15/h3-10,16H,11-14H2,1-2H3,(H,24,26,27). The van der Waals surface area contributed by atoms with E-state index in [1.165, 1.54) is 16.3 Å². The molecule has 0 atom stereocenters. The number of nitrogens with zero attached hydrogens (tertiary/aromatic N) is 1. The molecule has 0 spiro atoms. The first-order valence-corrected chi connectivity index (χ1v) is 10.8. The summed E-state index contributed by atoms with van der Waals surface area (Å²) in [6, 6.07) is 15.2. The van der Waals surface area contributed by atoms with E-state index >= 15 is 0 Å². The van der Waals surface area contributed by atoms with Crippen LogP contribution >= 0.6 is 11.8 Å². The molecule has 1 heterocycles. The number of aromatic nitrogens is 2. The topological polar surface area (TPSA) is 82.5 Å². The smallest absolute Gasteiger partial charge is 0.331 e. The van der Waals surface area contributed by atoms with Crippen molar-refractivity contribution >= 4 is 11.8 Å². The van der Waals surface area contributed by atoms with Crippen molar-refractivity contribution in [2.45, 2.75) is 42.0 Å². The zero-order chi connectivity index (χ0) is 21.8. The van der Waals surface area contributed by atoms with E-state index in [2.05, 4.69) is 4.98 Å². The van der Waals surface area contributed by atoms with E-state index in [0.29, 0.717) is 33.6 Å². The number of ether oxygens (including phenoxy) is 3. The number of methoxy groups -OCH3 is 2. The van der Waals surface area contributed by atoms with Gasteiger partial charge in [0.1, 0.15) is 18.2 Å². The molecule has 8 heteroatoms. The van der Waals surface area contributed by atoms with Gasteiger partial charge in [0.05, 0.1) is 36.3 Å². The Labute approximate surface area is 184 Å². The van der Waals surface area contributed by atoms with Crippen LogP contribution in [-0.4, -0.2) is 23.8 Å². The van der Waals surface area contributed by atoms with Crippen molar-refractivity contribution in [1.29, 1.82) is 0 Å². The lowest BCUT2D eigenvalue weighted by Crippen LogP contribution is -2.34. The molecule has 1 aromatic heterocycles. The van der Waals surface area contributed by atoms with Crippen molar-refractivity contribution in [2.75, 3.05) is 14.2 Å². The fourth-order valence-corrected chi connectivity index (χ4v) is 4.68. The fraction of sp³-hybridized carbons (Fsp3) is 0.304. The van der Waals surface area contributed by atoms with Crippen LogP contribution in [0.15, 0.2) is 68.0 Å². The first-order chi connectivity index (χ1) is 15.1. The first-order valence-electron chi connectivity index (χ1n) is 10.00. The highest BCUT2D eigenvalue weighted by Crippen LogP contribution is 2.47. The van der Waals surface area contributed by atoms with Crippen LogP contribution in [0.2, 0.25) is 0 Å². The fourth-order valence-electron chi connectivity index (χ4n) is 3.37. The van der Waals surface area contributed by atoms with Crippen LogP contribution in [0.3, 0.4) is 0 Å². The molecule has 162 valence electrons. The van der Waals surface area contributed by atoms with E-state index < -0.39 is 5.69 Å². The minimum absolute atomic E-state index is 0.0179. The molecule has 0 saturated heterocycles. The number of hydrogen-bond donors (Lipinski definition) is 1. The molecule has 2 aromatic carbocycles. The van der Waals surface area contributed by atoms with Crippen molar-refractivity contribution in [1.82, 2.24) is 9.55 Å². The Morgan fingerprint density at radius 2 is 1.68 bits per heavy atom. The highest BCUT2D eigenvalue weighted by Gasteiger charge is 2.32. The van der Waals surface area contributed by atoms with Crippen LogP contribution in [0, 0.1) is 0 Å². The molecule has 0 unspecified atom stereocenters. The second kappa shape index (κ2) is 9.45. The Bertz CT molecular complexity index is 1150. The zero-order valence-electron chi connectivity index (χ0n) is 17.4. The van der Waals surface area contributed by atoms with Gasteiger partial charge in [0, 0.05) is 0 Å². The molecular weight excluding hydrogens is 416 g/mol. The van der Waals surface area contributed by atoms with Gasteiger partial charge in [-0.1, -0.05) is 48.2 Å². The van der Waals surface area contributed by atoms with Crippen molar-refractivity contribution in [2.24, 2.45) is 0 Å². The minimum atomic E-state index is -0.501. The Morgan fingerprint density at radius 3 is 2.29 bits per heavy atom. The van der Waals surface area contributed by atoms with Crippen molar-refractivity contribution in [3.05, 3.63) is 80.5 Å². The third-order valence-corrected chi connectivity index (χ3v) is 6.32. The van der Waals surface area contributed by atoms with Gasteiger partial charge in [-0.2, -0.15) is 0 Å². The van der Waals surface area contributed by atoms with E-state index in [-0.39, 0.29) is 18.2 Å². The third kappa shape index (κ3) is 4.70. The molecule has 0 aliphatic heterocycles. The first kappa shape index (κ1) is 21.3. The molecule has 7 nitrogen and oxygen atoms in total. The van der Waals surface area contributed by atoms with Crippen LogP contribution in [0.1, 0.15) is 29.9 Å². The Morgan fingerprint density at radius 1 is 1.00 bits per heavy atom. The lowest BCUT2D eigenvalue weighted by Gasteiger charge is -2.18. The summed E-state index contributed by atoms with van der Waals surface area (Å²) in [6.45, 7) is 0.372. The molecule has 31 heavy (non-hydrogen) atoms. The Hall–Kier alpha value is -2.97. The van der Waals surface area contributed by atoms with Crippen LogP contribution in [0.4, 0.5) is 0 Å². The number of rotatable bonds is 9. The van der Waals surface area contributed by atoms with Gasteiger partial charge in [-0.3, -0.25) is 14.3 Å². The second-order valence-electron chi connectivity index (χ2n) is 7.24. The predicted molar refractivity (Wildman–Crippen MR) is 118 cm³/mol. The normalized spacial score (nSPS) is 13.2. The van der Waals surface area contributed by atoms with Gasteiger partial charge in [0.25, 0.3) is 5.56 Å². The summed E-state index contributed by atoms with van der Waals surface area (Å²) >= 11 is 1.30. The number of benzene rings is 2. The molecule has 1 N–H and O–H groups in total. The van der Waals surface area contributed by atoms with Gasteiger partial charge in [-0.15, -0.1) is 0 Å². The van der Waals surface area contributed by atoms with Gasteiger partial charge < -0.3 is 14.2 Å². The van der Waals surface area contributed by atoms with Crippen LogP contribution in [0.25, 0.3) is 0 Å². The molecule has 1 saturated carbocycles. The van der Waals surface area contributed by atoms with E-state index in [9.17, 15) is 9.59 Å². The van der Waals surface area contributed by atoms with Crippen LogP contribution < -0.4 is 20.7 Å². The number of H-pyrrole nitrogens is 1. The summed E-state index contributed by atoms with van der Waals surface area (Å²) in [7, 11) is 3.16. The lowest BCUT2D eigenvalue weighted by molar-refractivity contribution is 0.0550. The van der Waals surface area contributed by atoms with E-state index in [4.69, 9.17) is 14.2 Å². The SMILES string of the molecule is COc1cccc(OC)c1Sc1c(C2CC2)c(=O)[nH]c(=O)n1COCc1ccccc1. The summed E-state index contributed by atoms with van der Waals surface area (Å²) in [5.74, 6) is 1.35. The highest BCUT2D eigenvalue weighted by molar-refractivity contribution is 7.99. The predicted octanol–water partition coefficient (Wildman–Crippen LogP) is 3.76. The van der Waals surface area contributed by atoms with E-state index in [1.54, 1.807) is 14.2 Å². The monoisotopic (exact) mass is 440 g/mol. The molecule has 1 aliphatic rings. The Balaban J connectivity index is 1.73. The quantitative estimate of drug-likeness (QED) is 0.510. The molecule has 4 rings (SSSR count). The van der Waals surface area contributed by atoms with Crippen molar-refractivity contribution < 1.29 is 14.2 Å². The van der Waals surface area contributed by atoms with Gasteiger partial charge in [-0.05, 0) is 36.5 Å². The average Bonchev–Trinajstić information content (AvgIpc) is 3.61. The van der Waals surface area contributed by atoms with E-state index in [0.717, 1.165) is 18.4 Å². The van der Waals surface area contributed by atoms with Gasteiger partial charge in [0.15, 0.2) is 0 Å². The Kier molecular flexibility index (Phi) is 6.48. The summed E-state index contributed by atoms with van der Waals surface area (Å²) < 4.78 is 18.3. The second-order valence-corrected chi connectivity index (χ2v) is 8.24. The van der Waals surface area contributed by atoms with Gasteiger partial charge >= 0.3 is 5.69 Å². The molecule has 1 aliphatic carbocycles. The van der Waals surface area contributed by atoms with Crippen molar-refractivity contribution in [3.63, 3.8) is 0 Å². The average molecular weight is 441 g/mol. The zero-order valence-corrected chi connectivity index (χ0v) is 18.2. The largest absolute Gasteiger partial charge is 0.495 e. The minimum Gasteiger partial charge on any atom is -0.495 e. The summed E-state index contributed by atoms with van der Waals surface area (Å²) in [5, 5.41) is 0.562. The van der Waals surface area contributed by atoms with Gasteiger partial charge in [0.2, 0.25) is 0 Å². The molecular formula is C23H24N2O5S. The summed E-state index contributed by atoms with van der Waals surface area (Å²) in [5.41, 5.74) is 0.769. The van der Waals surface area contributed by atoms with Gasteiger partial charge in [-0.25, -0.2) is 4.79 Å².